The summed E-state index contributed by atoms with van der Waals surface area (Å²) in [7, 11) is 0. The minimum atomic E-state index is -0.772. The van der Waals surface area contributed by atoms with E-state index in [0.717, 1.165) is 30.7 Å². The number of aliphatic carboxylic acids is 1. The Balaban J connectivity index is 1.83. The van der Waals surface area contributed by atoms with Crippen molar-refractivity contribution in [3.8, 4) is 5.75 Å². The number of carboxylic acid groups (broad SMARTS) is 1. The van der Waals surface area contributed by atoms with Crippen LogP contribution in [0.5, 0.6) is 5.75 Å². The van der Waals surface area contributed by atoms with E-state index in [9.17, 15) is 9.59 Å². The van der Waals surface area contributed by atoms with Gasteiger partial charge in [-0.3, -0.25) is 9.59 Å². The molecule has 1 atom stereocenters. The number of carbonyl (C=O) groups excluding carboxylic acids is 1. The first kappa shape index (κ1) is 17.3. The number of amides is 1. The standard InChI is InChI=1S/C18H25NO4/c1-13-5-7-16(14(2)10-13)23-12-17(20)19-9-3-4-15(11-19)6-8-18(21)22/h5,7,10,15H,3-4,6,8-9,11-12H2,1-2H3,(H,21,22)/t15-/m1/s1. The summed E-state index contributed by atoms with van der Waals surface area (Å²) in [6.07, 6.45) is 2.73. The van der Waals surface area contributed by atoms with Crippen LogP contribution in [-0.4, -0.2) is 41.6 Å². The second-order valence-corrected chi connectivity index (χ2v) is 6.34. The number of nitrogens with zero attached hydrogens (tertiary/aromatic N) is 1. The van der Waals surface area contributed by atoms with E-state index < -0.39 is 5.97 Å². The molecule has 1 fully saturated rings. The first-order valence-electron chi connectivity index (χ1n) is 8.15. The second kappa shape index (κ2) is 7.99. The summed E-state index contributed by atoms with van der Waals surface area (Å²) in [6.45, 7) is 5.40. The third-order valence-corrected chi connectivity index (χ3v) is 4.32. The van der Waals surface area contributed by atoms with Gasteiger partial charge in [-0.05, 0) is 50.7 Å². The lowest BCUT2D eigenvalue weighted by Crippen LogP contribution is -2.42. The topological polar surface area (TPSA) is 66.8 Å². The molecule has 1 saturated heterocycles. The Morgan fingerprint density at radius 2 is 2.13 bits per heavy atom. The molecule has 1 N–H and O–H groups in total. The molecule has 0 spiro atoms. The van der Waals surface area contributed by atoms with Crippen LogP contribution in [0.1, 0.15) is 36.8 Å². The number of piperidine rings is 1. The van der Waals surface area contributed by atoms with Crippen molar-refractivity contribution in [1.29, 1.82) is 0 Å². The number of benzene rings is 1. The van der Waals surface area contributed by atoms with Crippen LogP contribution in [0, 0.1) is 19.8 Å². The molecule has 1 heterocycles. The largest absolute Gasteiger partial charge is 0.484 e. The van der Waals surface area contributed by atoms with Crippen LogP contribution in [0.25, 0.3) is 0 Å². The Hall–Kier alpha value is -2.04. The van der Waals surface area contributed by atoms with Gasteiger partial charge >= 0.3 is 5.97 Å². The van der Waals surface area contributed by atoms with Crippen LogP contribution < -0.4 is 4.74 Å². The third-order valence-electron chi connectivity index (χ3n) is 4.32. The van der Waals surface area contributed by atoms with Gasteiger partial charge in [0.15, 0.2) is 6.61 Å². The predicted octanol–water partition coefficient (Wildman–Crippen LogP) is 2.79. The number of ether oxygens (including phenoxy) is 1. The van der Waals surface area contributed by atoms with Gasteiger partial charge in [0.2, 0.25) is 0 Å². The monoisotopic (exact) mass is 319 g/mol. The number of likely N-dealkylation sites (tertiary alicyclic amines) is 1. The molecule has 0 unspecified atom stereocenters. The average molecular weight is 319 g/mol. The Morgan fingerprint density at radius 3 is 2.83 bits per heavy atom. The average Bonchev–Trinajstić information content (AvgIpc) is 2.52. The van der Waals surface area contributed by atoms with Gasteiger partial charge < -0.3 is 14.7 Å². The highest BCUT2D eigenvalue weighted by Crippen LogP contribution is 2.22. The van der Waals surface area contributed by atoms with Gasteiger partial charge in [0.05, 0.1) is 0 Å². The van der Waals surface area contributed by atoms with Gasteiger partial charge in [0.1, 0.15) is 5.75 Å². The zero-order valence-electron chi connectivity index (χ0n) is 13.9. The predicted molar refractivity (Wildman–Crippen MR) is 87.6 cm³/mol. The number of hydrogen-bond acceptors (Lipinski definition) is 3. The summed E-state index contributed by atoms with van der Waals surface area (Å²) in [5.74, 6) is 0.227. The molecule has 1 amide bonds. The van der Waals surface area contributed by atoms with E-state index in [1.54, 1.807) is 4.90 Å². The lowest BCUT2D eigenvalue weighted by molar-refractivity contribution is -0.137. The van der Waals surface area contributed by atoms with Crippen LogP contribution in [0.4, 0.5) is 0 Å². The molecule has 23 heavy (non-hydrogen) atoms. The summed E-state index contributed by atoms with van der Waals surface area (Å²) in [4.78, 5) is 24.8. The lowest BCUT2D eigenvalue weighted by Gasteiger charge is -2.32. The van der Waals surface area contributed by atoms with E-state index in [1.165, 1.54) is 5.56 Å². The van der Waals surface area contributed by atoms with Crippen molar-refractivity contribution in [3.05, 3.63) is 29.3 Å². The molecule has 0 aliphatic carbocycles. The van der Waals surface area contributed by atoms with Crippen LogP contribution in [-0.2, 0) is 9.59 Å². The normalized spacial score (nSPS) is 17.8. The molecule has 5 heteroatoms. The first-order chi connectivity index (χ1) is 11.0. The third kappa shape index (κ3) is 5.27. The van der Waals surface area contributed by atoms with Crippen molar-refractivity contribution < 1.29 is 19.4 Å². The maximum Gasteiger partial charge on any atom is 0.303 e. The highest BCUT2D eigenvalue weighted by atomic mass is 16.5. The van der Waals surface area contributed by atoms with Gasteiger partial charge in [0.25, 0.3) is 5.91 Å². The van der Waals surface area contributed by atoms with E-state index in [2.05, 4.69) is 0 Å². The summed E-state index contributed by atoms with van der Waals surface area (Å²) >= 11 is 0. The fourth-order valence-electron chi connectivity index (χ4n) is 3.05. The van der Waals surface area contributed by atoms with Crippen molar-refractivity contribution in [2.24, 2.45) is 5.92 Å². The number of rotatable bonds is 6. The van der Waals surface area contributed by atoms with Gasteiger partial charge in [-0.25, -0.2) is 0 Å². The number of aryl methyl sites for hydroxylation is 2. The molecule has 1 aromatic carbocycles. The maximum atomic E-state index is 12.3. The minimum absolute atomic E-state index is 0.0231. The van der Waals surface area contributed by atoms with Crippen LogP contribution in [0.15, 0.2) is 18.2 Å². The van der Waals surface area contributed by atoms with Crippen molar-refractivity contribution in [1.82, 2.24) is 4.90 Å². The van der Waals surface area contributed by atoms with E-state index in [-0.39, 0.29) is 24.9 Å². The number of carbonyl (C=O) groups is 2. The summed E-state index contributed by atoms with van der Waals surface area (Å²) in [6, 6.07) is 5.89. The van der Waals surface area contributed by atoms with Gasteiger partial charge in [-0.1, -0.05) is 17.7 Å². The maximum absolute atomic E-state index is 12.3. The SMILES string of the molecule is Cc1ccc(OCC(=O)N2CCC[C@H](CCC(=O)O)C2)c(C)c1. The van der Waals surface area contributed by atoms with E-state index in [1.807, 2.05) is 32.0 Å². The summed E-state index contributed by atoms with van der Waals surface area (Å²) in [5, 5.41) is 8.77. The lowest BCUT2D eigenvalue weighted by atomic mass is 9.93. The molecule has 1 aliphatic heterocycles. The minimum Gasteiger partial charge on any atom is -0.484 e. The summed E-state index contributed by atoms with van der Waals surface area (Å²) in [5.41, 5.74) is 2.19. The molecular formula is C18H25NO4. The molecule has 0 aromatic heterocycles. The van der Waals surface area contributed by atoms with E-state index in [4.69, 9.17) is 9.84 Å². The Kier molecular flexibility index (Phi) is 6.02. The van der Waals surface area contributed by atoms with Crippen LogP contribution in [0.3, 0.4) is 0 Å². The highest BCUT2D eigenvalue weighted by Gasteiger charge is 2.24. The van der Waals surface area contributed by atoms with Crippen molar-refractivity contribution in [2.75, 3.05) is 19.7 Å². The quantitative estimate of drug-likeness (QED) is 0.875. The molecule has 0 radical (unpaired) electrons. The van der Waals surface area contributed by atoms with Gasteiger partial charge in [-0.2, -0.15) is 0 Å². The van der Waals surface area contributed by atoms with Crippen LogP contribution >= 0.6 is 0 Å². The van der Waals surface area contributed by atoms with Crippen molar-refractivity contribution in [3.63, 3.8) is 0 Å². The van der Waals surface area contributed by atoms with E-state index >= 15 is 0 Å². The van der Waals surface area contributed by atoms with Crippen LogP contribution in [0.2, 0.25) is 0 Å². The smallest absolute Gasteiger partial charge is 0.303 e. The molecule has 0 bridgehead atoms. The molecule has 1 aromatic rings. The molecule has 5 nitrogen and oxygen atoms in total. The molecule has 0 saturated carbocycles. The number of carboxylic acids is 1. The fourth-order valence-corrected chi connectivity index (χ4v) is 3.05. The molecule has 1 aliphatic rings. The van der Waals surface area contributed by atoms with Gasteiger partial charge in [-0.15, -0.1) is 0 Å². The molecular weight excluding hydrogens is 294 g/mol. The Bertz CT molecular complexity index is 570. The fraction of sp³-hybridized carbons (Fsp3) is 0.556. The summed E-state index contributed by atoms with van der Waals surface area (Å²) < 4.78 is 5.65. The van der Waals surface area contributed by atoms with Crippen molar-refractivity contribution >= 4 is 11.9 Å². The van der Waals surface area contributed by atoms with Gasteiger partial charge in [0, 0.05) is 19.5 Å². The first-order valence-corrected chi connectivity index (χ1v) is 8.15. The molecule has 2 rings (SSSR count). The zero-order chi connectivity index (χ0) is 16.8. The zero-order valence-corrected chi connectivity index (χ0v) is 13.9. The van der Waals surface area contributed by atoms with E-state index in [0.29, 0.717) is 13.0 Å². The highest BCUT2D eigenvalue weighted by molar-refractivity contribution is 5.78. The Labute approximate surface area is 137 Å². The number of hydrogen-bond donors (Lipinski definition) is 1. The van der Waals surface area contributed by atoms with Crippen molar-refractivity contribution in [2.45, 2.75) is 39.5 Å². The second-order valence-electron chi connectivity index (χ2n) is 6.34. The Morgan fingerprint density at radius 1 is 1.35 bits per heavy atom. The molecule has 126 valence electrons.